The van der Waals surface area contributed by atoms with E-state index >= 15 is 0 Å². The summed E-state index contributed by atoms with van der Waals surface area (Å²) in [7, 11) is -2.07. The van der Waals surface area contributed by atoms with Gasteiger partial charge in [0.15, 0.2) is 0 Å². The molecule has 106 valence electrons. The van der Waals surface area contributed by atoms with Crippen LogP contribution >= 0.6 is 0 Å². The Bertz CT molecular complexity index is 385. The Morgan fingerprint density at radius 3 is 2.78 bits per heavy atom. The van der Waals surface area contributed by atoms with Crippen molar-refractivity contribution >= 4 is 16.1 Å². The van der Waals surface area contributed by atoms with Gasteiger partial charge in [0, 0.05) is 33.2 Å². The minimum absolute atomic E-state index is 0.270. The van der Waals surface area contributed by atoms with Crippen molar-refractivity contribution in [1.29, 1.82) is 0 Å². The molecule has 1 saturated heterocycles. The van der Waals surface area contributed by atoms with Gasteiger partial charge in [-0.05, 0) is 6.42 Å². The van der Waals surface area contributed by atoms with Crippen molar-refractivity contribution in [3.05, 3.63) is 0 Å². The number of primary amides is 1. The highest BCUT2D eigenvalue weighted by molar-refractivity contribution is 7.86. The summed E-state index contributed by atoms with van der Waals surface area (Å²) < 4.78 is 27.1. The van der Waals surface area contributed by atoms with Crippen LogP contribution in [0.3, 0.4) is 0 Å². The highest BCUT2D eigenvalue weighted by Gasteiger charge is 2.37. The molecule has 1 fully saturated rings. The van der Waals surface area contributed by atoms with Gasteiger partial charge in [-0.25, -0.2) is 0 Å². The number of carbonyl (C=O) groups is 1. The number of amides is 1. The maximum Gasteiger partial charge on any atom is 0.282 e. The summed E-state index contributed by atoms with van der Waals surface area (Å²) in [6.07, 6.45) is 1.71. The lowest BCUT2D eigenvalue weighted by Gasteiger charge is -2.35. The fraction of sp³-hybridized carbons (Fsp3) is 0.900. The summed E-state index contributed by atoms with van der Waals surface area (Å²) >= 11 is 0. The number of unbranched alkanes of at least 4 members (excludes halogenated alkanes) is 1. The standard InChI is InChI=1S/C10H22N4O3S/c1-3-4-6-13(2)18(16,17)14-7-5-12-8-9(14)10(11)15/h9,12H,3-8H2,1-2H3,(H2,11,15). The van der Waals surface area contributed by atoms with Crippen LogP contribution in [0.5, 0.6) is 0 Å². The number of nitrogens with one attached hydrogen (secondary N) is 1. The van der Waals surface area contributed by atoms with E-state index < -0.39 is 22.2 Å². The molecule has 0 aromatic heterocycles. The Balaban J connectivity index is 2.83. The third-order valence-electron chi connectivity index (χ3n) is 3.04. The number of nitrogens with zero attached hydrogens (tertiary/aromatic N) is 2. The van der Waals surface area contributed by atoms with E-state index in [1.165, 1.54) is 15.7 Å². The molecule has 0 radical (unpaired) electrons. The average molecular weight is 278 g/mol. The van der Waals surface area contributed by atoms with E-state index in [9.17, 15) is 13.2 Å². The van der Waals surface area contributed by atoms with Crippen LogP contribution in [0.4, 0.5) is 0 Å². The molecule has 1 aliphatic heterocycles. The predicted octanol–water partition coefficient (Wildman–Crippen LogP) is -1.28. The molecule has 1 unspecified atom stereocenters. The Hall–Kier alpha value is -0.700. The van der Waals surface area contributed by atoms with Gasteiger partial charge >= 0.3 is 0 Å². The lowest BCUT2D eigenvalue weighted by Crippen LogP contribution is -2.61. The number of carbonyl (C=O) groups excluding carboxylic acids is 1. The van der Waals surface area contributed by atoms with Gasteiger partial charge in [0.1, 0.15) is 6.04 Å². The second-order valence-electron chi connectivity index (χ2n) is 4.42. The van der Waals surface area contributed by atoms with Crippen molar-refractivity contribution in [2.45, 2.75) is 25.8 Å². The van der Waals surface area contributed by atoms with Crippen molar-refractivity contribution in [1.82, 2.24) is 13.9 Å². The summed E-state index contributed by atoms with van der Waals surface area (Å²) in [5.74, 6) is -0.616. The van der Waals surface area contributed by atoms with E-state index in [1.54, 1.807) is 0 Å². The predicted molar refractivity (Wildman–Crippen MR) is 69.0 cm³/mol. The van der Waals surface area contributed by atoms with E-state index in [0.717, 1.165) is 12.8 Å². The van der Waals surface area contributed by atoms with Crippen LogP contribution in [0.2, 0.25) is 0 Å². The summed E-state index contributed by atoms with van der Waals surface area (Å²) in [6, 6.07) is -0.798. The second-order valence-corrected chi connectivity index (χ2v) is 6.40. The van der Waals surface area contributed by atoms with E-state index in [4.69, 9.17) is 5.73 Å². The first-order chi connectivity index (χ1) is 8.41. The SMILES string of the molecule is CCCCN(C)S(=O)(=O)N1CCNCC1C(N)=O. The van der Waals surface area contributed by atoms with E-state index in [1.807, 2.05) is 6.92 Å². The van der Waals surface area contributed by atoms with Gasteiger partial charge in [-0.3, -0.25) is 4.79 Å². The van der Waals surface area contributed by atoms with E-state index in [0.29, 0.717) is 13.1 Å². The summed E-state index contributed by atoms with van der Waals surface area (Å²) in [6.45, 7) is 3.53. The van der Waals surface area contributed by atoms with Gasteiger partial charge in [-0.1, -0.05) is 13.3 Å². The van der Waals surface area contributed by atoms with Crippen molar-refractivity contribution in [2.75, 3.05) is 33.2 Å². The van der Waals surface area contributed by atoms with Gasteiger partial charge in [0.25, 0.3) is 10.2 Å². The summed E-state index contributed by atoms with van der Waals surface area (Å²) in [5, 5.41) is 2.97. The first kappa shape index (κ1) is 15.4. The maximum atomic E-state index is 12.3. The first-order valence-corrected chi connectivity index (χ1v) is 7.54. The second kappa shape index (κ2) is 6.46. The van der Waals surface area contributed by atoms with Crippen LogP contribution < -0.4 is 11.1 Å². The zero-order valence-electron chi connectivity index (χ0n) is 10.9. The largest absolute Gasteiger partial charge is 0.368 e. The molecule has 0 saturated carbocycles. The van der Waals surface area contributed by atoms with Gasteiger partial charge in [-0.15, -0.1) is 0 Å². The fourth-order valence-corrected chi connectivity index (χ4v) is 3.42. The summed E-state index contributed by atoms with van der Waals surface area (Å²) in [5.41, 5.74) is 5.25. The van der Waals surface area contributed by atoms with E-state index in [2.05, 4.69) is 5.32 Å². The molecule has 18 heavy (non-hydrogen) atoms. The zero-order chi connectivity index (χ0) is 13.8. The Morgan fingerprint density at radius 1 is 1.56 bits per heavy atom. The molecule has 0 aromatic rings. The summed E-state index contributed by atoms with van der Waals surface area (Å²) in [4.78, 5) is 11.3. The Kier molecular flexibility index (Phi) is 5.51. The number of rotatable bonds is 6. The molecule has 0 spiro atoms. The van der Waals surface area contributed by atoms with Crippen LogP contribution in [-0.2, 0) is 15.0 Å². The molecule has 0 bridgehead atoms. The number of hydrogen-bond acceptors (Lipinski definition) is 4. The molecule has 1 atom stereocenters. The van der Waals surface area contributed by atoms with E-state index in [-0.39, 0.29) is 13.1 Å². The molecule has 3 N–H and O–H groups in total. The van der Waals surface area contributed by atoms with Crippen molar-refractivity contribution < 1.29 is 13.2 Å². The minimum atomic E-state index is -3.60. The molecule has 1 amide bonds. The number of hydrogen-bond donors (Lipinski definition) is 2. The highest BCUT2D eigenvalue weighted by atomic mass is 32.2. The van der Waals surface area contributed by atoms with Crippen LogP contribution in [0.1, 0.15) is 19.8 Å². The molecule has 1 rings (SSSR count). The van der Waals surface area contributed by atoms with Crippen LogP contribution in [0, 0.1) is 0 Å². The Morgan fingerprint density at radius 2 is 2.22 bits per heavy atom. The molecular formula is C10H22N4O3S. The highest BCUT2D eigenvalue weighted by Crippen LogP contribution is 2.13. The Labute approximate surface area is 108 Å². The van der Waals surface area contributed by atoms with Crippen LogP contribution in [0.15, 0.2) is 0 Å². The molecule has 7 nitrogen and oxygen atoms in total. The van der Waals surface area contributed by atoms with Crippen LogP contribution in [0.25, 0.3) is 0 Å². The monoisotopic (exact) mass is 278 g/mol. The lowest BCUT2D eigenvalue weighted by atomic mass is 10.2. The molecule has 0 aliphatic carbocycles. The van der Waals surface area contributed by atoms with Crippen LogP contribution in [-0.4, -0.2) is 62.2 Å². The number of nitrogens with two attached hydrogens (primary N) is 1. The third kappa shape index (κ3) is 3.41. The zero-order valence-corrected chi connectivity index (χ0v) is 11.7. The molecule has 8 heteroatoms. The molecular weight excluding hydrogens is 256 g/mol. The first-order valence-electron chi connectivity index (χ1n) is 6.14. The third-order valence-corrected chi connectivity index (χ3v) is 5.04. The minimum Gasteiger partial charge on any atom is -0.368 e. The van der Waals surface area contributed by atoms with Gasteiger partial charge in [0.2, 0.25) is 5.91 Å². The van der Waals surface area contributed by atoms with Gasteiger partial charge in [-0.2, -0.15) is 17.0 Å². The quantitative estimate of drug-likeness (QED) is 0.633. The van der Waals surface area contributed by atoms with Gasteiger partial charge < -0.3 is 11.1 Å². The maximum absolute atomic E-state index is 12.3. The topological polar surface area (TPSA) is 95.7 Å². The fourth-order valence-electron chi connectivity index (χ4n) is 1.88. The smallest absolute Gasteiger partial charge is 0.282 e. The molecule has 0 aromatic carbocycles. The molecule has 1 aliphatic rings. The van der Waals surface area contributed by atoms with Gasteiger partial charge in [0.05, 0.1) is 0 Å². The van der Waals surface area contributed by atoms with Crippen molar-refractivity contribution in [2.24, 2.45) is 5.73 Å². The lowest BCUT2D eigenvalue weighted by molar-refractivity contribution is -0.122. The normalized spacial score (nSPS) is 22.3. The van der Waals surface area contributed by atoms with Crippen molar-refractivity contribution in [3.63, 3.8) is 0 Å². The molecule has 1 heterocycles. The number of piperazine rings is 1. The average Bonchev–Trinajstić information content (AvgIpc) is 2.35. The van der Waals surface area contributed by atoms with Crippen molar-refractivity contribution in [3.8, 4) is 0 Å².